The summed E-state index contributed by atoms with van der Waals surface area (Å²) in [5.41, 5.74) is 11.0. The minimum atomic E-state index is -1.30. The molecule has 1 aliphatic heterocycles. The van der Waals surface area contributed by atoms with Crippen LogP contribution in [0, 0.1) is 5.82 Å². The fraction of sp³-hybridized carbons (Fsp3) is 0.438. The molecule has 0 atom stereocenters. The van der Waals surface area contributed by atoms with Gasteiger partial charge in [-0.05, 0) is 45.3 Å². The summed E-state index contributed by atoms with van der Waals surface area (Å²) < 4.78 is 25.5. The first-order valence-corrected chi connectivity index (χ1v) is 7.57. The molecule has 1 aromatic carbocycles. The molecule has 130 valence electrons. The van der Waals surface area contributed by atoms with Crippen LogP contribution in [0.25, 0.3) is 6.08 Å². The molecular weight excluding hydrogens is 314 g/mol. The van der Waals surface area contributed by atoms with Crippen molar-refractivity contribution in [2.45, 2.75) is 38.9 Å². The first-order valence-electron chi connectivity index (χ1n) is 7.57. The van der Waals surface area contributed by atoms with E-state index in [1.54, 1.807) is 0 Å². The SMILES string of the molecule is CC1(C)OB(C(=Cc2cc(F)cc(C(=O)O)c2N)CN)OC1(C)C. The molecule has 24 heavy (non-hydrogen) atoms. The normalized spacial score (nSPS) is 19.6. The van der Waals surface area contributed by atoms with E-state index in [0.717, 1.165) is 12.1 Å². The molecular formula is C16H22BFN2O4. The molecule has 0 unspecified atom stereocenters. The van der Waals surface area contributed by atoms with E-state index < -0.39 is 30.1 Å². The van der Waals surface area contributed by atoms with E-state index in [-0.39, 0.29) is 23.4 Å². The minimum Gasteiger partial charge on any atom is -0.478 e. The van der Waals surface area contributed by atoms with Crippen molar-refractivity contribution in [2.75, 3.05) is 12.3 Å². The van der Waals surface area contributed by atoms with Crippen LogP contribution in [0.15, 0.2) is 17.6 Å². The number of anilines is 1. The van der Waals surface area contributed by atoms with Crippen molar-refractivity contribution < 1.29 is 23.6 Å². The summed E-state index contributed by atoms with van der Waals surface area (Å²) in [7, 11) is -0.712. The summed E-state index contributed by atoms with van der Waals surface area (Å²) in [6.07, 6.45) is 1.52. The van der Waals surface area contributed by atoms with Gasteiger partial charge in [-0.15, -0.1) is 0 Å². The zero-order valence-electron chi connectivity index (χ0n) is 14.2. The lowest BCUT2D eigenvalue weighted by Gasteiger charge is -2.32. The Kier molecular flexibility index (Phi) is 4.76. The van der Waals surface area contributed by atoms with Gasteiger partial charge in [-0.1, -0.05) is 6.08 Å². The third-order valence-corrected chi connectivity index (χ3v) is 4.54. The molecule has 8 heteroatoms. The van der Waals surface area contributed by atoms with E-state index in [0.29, 0.717) is 5.47 Å². The highest BCUT2D eigenvalue weighted by molar-refractivity contribution is 6.56. The number of carboxylic acids is 1. The fourth-order valence-corrected chi connectivity index (χ4v) is 2.35. The summed E-state index contributed by atoms with van der Waals surface area (Å²) in [6.45, 7) is 7.70. The number of hydrogen-bond donors (Lipinski definition) is 3. The van der Waals surface area contributed by atoms with Crippen LogP contribution in [0.1, 0.15) is 43.6 Å². The van der Waals surface area contributed by atoms with Crippen molar-refractivity contribution in [3.63, 3.8) is 0 Å². The summed E-state index contributed by atoms with van der Waals surface area (Å²) in [5.74, 6) is -2.00. The maximum Gasteiger partial charge on any atom is 0.491 e. The number of nitrogens with two attached hydrogens (primary N) is 2. The summed E-state index contributed by atoms with van der Waals surface area (Å²) in [4.78, 5) is 11.2. The van der Waals surface area contributed by atoms with Crippen LogP contribution >= 0.6 is 0 Å². The number of nitrogen functional groups attached to an aromatic ring is 1. The highest BCUT2D eigenvalue weighted by Gasteiger charge is 2.52. The Labute approximate surface area is 140 Å². The quantitative estimate of drug-likeness (QED) is 0.574. The second kappa shape index (κ2) is 6.20. The Hall–Kier alpha value is -1.90. The van der Waals surface area contributed by atoms with E-state index in [4.69, 9.17) is 25.9 Å². The zero-order chi connectivity index (χ0) is 18.3. The highest BCUT2D eigenvalue weighted by atomic mass is 19.1. The Balaban J connectivity index is 2.44. The van der Waals surface area contributed by atoms with Gasteiger partial charge in [0.05, 0.1) is 22.5 Å². The number of carbonyl (C=O) groups is 1. The molecule has 0 saturated carbocycles. The Morgan fingerprint density at radius 2 is 1.83 bits per heavy atom. The van der Waals surface area contributed by atoms with Gasteiger partial charge in [0.15, 0.2) is 0 Å². The number of halogens is 1. The molecule has 1 saturated heterocycles. The topological polar surface area (TPSA) is 108 Å². The van der Waals surface area contributed by atoms with Crippen molar-refractivity contribution in [2.24, 2.45) is 5.73 Å². The number of hydrogen-bond acceptors (Lipinski definition) is 5. The predicted octanol–water partition coefficient (Wildman–Crippen LogP) is 2.08. The van der Waals surface area contributed by atoms with Gasteiger partial charge in [-0.3, -0.25) is 0 Å². The van der Waals surface area contributed by atoms with Crippen molar-refractivity contribution >= 4 is 24.9 Å². The molecule has 6 nitrogen and oxygen atoms in total. The molecule has 0 spiro atoms. The molecule has 1 aromatic rings. The first kappa shape index (κ1) is 18.4. The molecule has 0 aromatic heterocycles. The van der Waals surface area contributed by atoms with Gasteiger partial charge in [0.25, 0.3) is 0 Å². The van der Waals surface area contributed by atoms with Gasteiger partial charge < -0.3 is 25.9 Å². The second-order valence-corrected chi connectivity index (χ2v) is 6.77. The van der Waals surface area contributed by atoms with Crippen molar-refractivity contribution in [3.05, 3.63) is 34.5 Å². The first-order chi connectivity index (χ1) is 11.0. The number of aromatic carboxylic acids is 1. The van der Waals surface area contributed by atoms with E-state index in [1.807, 2.05) is 27.7 Å². The van der Waals surface area contributed by atoms with Gasteiger partial charge in [-0.2, -0.15) is 0 Å². The van der Waals surface area contributed by atoms with E-state index >= 15 is 0 Å². The fourth-order valence-electron chi connectivity index (χ4n) is 2.35. The summed E-state index contributed by atoms with van der Waals surface area (Å²) in [6, 6.07) is 2.04. The molecule has 0 bridgehead atoms. The van der Waals surface area contributed by atoms with Crippen LogP contribution in [-0.2, 0) is 9.31 Å². The average molecular weight is 336 g/mol. The Bertz CT molecular complexity index is 688. The van der Waals surface area contributed by atoms with Crippen LogP contribution in [-0.4, -0.2) is 35.9 Å². The largest absolute Gasteiger partial charge is 0.491 e. The lowest BCUT2D eigenvalue weighted by atomic mass is 9.77. The number of carboxylic acid groups (broad SMARTS) is 1. The number of benzene rings is 1. The van der Waals surface area contributed by atoms with Gasteiger partial charge in [0, 0.05) is 12.1 Å². The van der Waals surface area contributed by atoms with Crippen molar-refractivity contribution in [1.82, 2.24) is 0 Å². The van der Waals surface area contributed by atoms with Crippen molar-refractivity contribution in [3.8, 4) is 0 Å². The molecule has 0 amide bonds. The maximum atomic E-state index is 13.7. The Morgan fingerprint density at radius 3 is 2.29 bits per heavy atom. The van der Waals surface area contributed by atoms with Crippen LogP contribution in [0.3, 0.4) is 0 Å². The van der Waals surface area contributed by atoms with Gasteiger partial charge >= 0.3 is 13.1 Å². The molecule has 0 radical (unpaired) electrons. The standard InChI is InChI=1S/C16H22BFN2O4/c1-15(2)16(3,4)24-17(23-15)10(8-19)5-9-6-11(18)7-12(13(9)20)14(21)22/h5-7H,8,19-20H2,1-4H3,(H,21,22). The maximum absolute atomic E-state index is 13.7. The van der Waals surface area contributed by atoms with Crippen molar-refractivity contribution in [1.29, 1.82) is 0 Å². The van der Waals surface area contributed by atoms with Gasteiger partial charge in [0.2, 0.25) is 0 Å². The highest BCUT2D eigenvalue weighted by Crippen LogP contribution is 2.39. The molecule has 1 aliphatic rings. The minimum absolute atomic E-state index is 0.0358. The van der Waals surface area contributed by atoms with Gasteiger partial charge in [0.1, 0.15) is 5.82 Å². The number of rotatable bonds is 4. The van der Waals surface area contributed by atoms with E-state index in [2.05, 4.69) is 0 Å². The third kappa shape index (κ3) is 3.31. The van der Waals surface area contributed by atoms with E-state index in [9.17, 15) is 9.18 Å². The monoisotopic (exact) mass is 336 g/mol. The molecule has 2 rings (SSSR count). The summed E-state index contributed by atoms with van der Waals surface area (Å²) in [5, 5.41) is 9.11. The van der Waals surface area contributed by atoms with Crippen LogP contribution in [0.5, 0.6) is 0 Å². The predicted molar refractivity (Wildman–Crippen MR) is 90.9 cm³/mol. The molecule has 1 heterocycles. The molecule has 0 aliphatic carbocycles. The third-order valence-electron chi connectivity index (χ3n) is 4.54. The Morgan fingerprint density at radius 1 is 1.29 bits per heavy atom. The van der Waals surface area contributed by atoms with Crippen LogP contribution < -0.4 is 11.5 Å². The smallest absolute Gasteiger partial charge is 0.478 e. The van der Waals surface area contributed by atoms with Crippen LogP contribution in [0.4, 0.5) is 10.1 Å². The molecule has 5 N–H and O–H groups in total. The van der Waals surface area contributed by atoms with Crippen LogP contribution in [0.2, 0.25) is 0 Å². The lowest BCUT2D eigenvalue weighted by molar-refractivity contribution is 0.00578. The van der Waals surface area contributed by atoms with E-state index in [1.165, 1.54) is 6.08 Å². The zero-order valence-corrected chi connectivity index (χ0v) is 14.2. The lowest BCUT2D eigenvalue weighted by Crippen LogP contribution is -2.41. The van der Waals surface area contributed by atoms with Gasteiger partial charge in [-0.25, -0.2) is 9.18 Å². The average Bonchev–Trinajstić information content (AvgIpc) is 2.67. The summed E-state index contributed by atoms with van der Waals surface area (Å²) >= 11 is 0. The second-order valence-electron chi connectivity index (χ2n) is 6.77. The molecule has 1 fully saturated rings.